The maximum absolute atomic E-state index is 12.3. The van der Waals surface area contributed by atoms with Gasteiger partial charge >= 0.3 is 0 Å². The molecule has 25 heavy (non-hydrogen) atoms. The van der Waals surface area contributed by atoms with Crippen LogP contribution in [0.2, 0.25) is 0 Å². The lowest BCUT2D eigenvalue weighted by Crippen LogP contribution is -2.32. The van der Waals surface area contributed by atoms with Crippen molar-refractivity contribution >= 4 is 17.8 Å². The van der Waals surface area contributed by atoms with Gasteiger partial charge in [0.2, 0.25) is 0 Å². The van der Waals surface area contributed by atoms with E-state index in [0.717, 1.165) is 28.1 Å². The van der Waals surface area contributed by atoms with E-state index >= 15 is 0 Å². The van der Waals surface area contributed by atoms with Gasteiger partial charge in [0, 0.05) is 12.1 Å². The van der Waals surface area contributed by atoms with Crippen LogP contribution in [-0.2, 0) is 16.2 Å². The number of para-hydroxylation sites is 1. The number of amides is 1. The first-order valence-electron chi connectivity index (χ1n) is 8.22. The molecule has 0 aromatic heterocycles. The summed E-state index contributed by atoms with van der Waals surface area (Å²) in [5.74, 6) is 0.589. The van der Waals surface area contributed by atoms with Crippen molar-refractivity contribution in [1.29, 1.82) is 0 Å². The number of carbonyl (C=O) groups is 1. The third-order valence-corrected chi connectivity index (χ3v) is 3.72. The standard InChI is InChI=1S/C20H24N2O3/c1-5-22(20(23)13-21-24-4)19-9-7-6-8-17(19)14-25-18-11-15(2)10-16(3)12-18/h6-13H,5,14H2,1-4H3. The largest absolute Gasteiger partial charge is 0.489 e. The normalized spacial score (nSPS) is 10.7. The van der Waals surface area contributed by atoms with E-state index in [4.69, 9.17) is 4.74 Å². The number of rotatable bonds is 7. The lowest BCUT2D eigenvalue weighted by Gasteiger charge is -2.22. The topological polar surface area (TPSA) is 51.1 Å². The van der Waals surface area contributed by atoms with Gasteiger partial charge in [0.05, 0.1) is 5.69 Å². The molecule has 0 heterocycles. The minimum Gasteiger partial charge on any atom is -0.489 e. The summed E-state index contributed by atoms with van der Waals surface area (Å²) in [4.78, 5) is 18.5. The highest BCUT2D eigenvalue weighted by atomic mass is 16.6. The van der Waals surface area contributed by atoms with Crippen LogP contribution in [0.15, 0.2) is 47.6 Å². The van der Waals surface area contributed by atoms with Gasteiger partial charge in [-0.3, -0.25) is 4.79 Å². The van der Waals surface area contributed by atoms with Crippen molar-refractivity contribution in [1.82, 2.24) is 0 Å². The molecule has 2 aromatic carbocycles. The second-order valence-electron chi connectivity index (χ2n) is 5.74. The molecule has 0 aliphatic rings. The first-order valence-corrected chi connectivity index (χ1v) is 8.22. The number of benzene rings is 2. The molecule has 1 amide bonds. The average molecular weight is 340 g/mol. The molecule has 0 radical (unpaired) electrons. The third-order valence-electron chi connectivity index (χ3n) is 3.72. The number of nitrogens with zero attached hydrogens (tertiary/aromatic N) is 2. The molecule has 0 saturated carbocycles. The minimum absolute atomic E-state index is 0.233. The van der Waals surface area contributed by atoms with Crippen LogP contribution >= 0.6 is 0 Å². The second-order valence-corrected chi connectivity index (χ2v) is 5.74. The Hall–Kier alpha value is -2.82. The van der Waals surface area contributed by atoms with Gasteiger partial charge in [-0.2, -0.15) is 0 Å². The summed E-state index contributed by atoms with van der Waals surface area (Å²) in [7, 11) is 1.41. The zero-order chi connectivity index (χ0) is 18.2. The Bertz CT molecular complexity index is 736. The number of oxime groups is 1. The van der Waals surface area contributed by atoms with E-state index in [-0.39, 0.29) is 5.91 Å². The van der Waals surface area contributed by atoms with Crippen LogP contribution in [0.25, 0.3) is 0 Å². The fourth-order valence-electron chi connectivity index (χ4n) is 2.69. The molecule has 0 N–H and O–H groups in total. The number of aryl methyl sites for hydroxylation is 2. The van der Waals surface area contributed by atoms with Crippen LogP contribution in [0.1, 0.15) is 23.6 Å². The van der Waals surface area contributed by atoms with E-state index in [9.17, 15) is 4.79 Å². The van der Waals surface area contributed by atoms with Crippen molar-refractivity contribution in [2.75, 3.05) is 18.6 Å². The van der Waals surface area contributed by atoms with Crippen molar-refractivity contribution in [3.05, 3.63) is 59.2 Å². The fourth-order valence-corrected chi connectivity index (χ4v) is 2.69. The van der Waals surface area contributed by atoms with E-state index in [1.807, 2.05) is 57.2 Å². The quantitative estimate of drug-likeness (QED) is 0.568. The van der Waals surface area contributed by atoms with E-state index in [2.05, 4.69) is 16.1 Å². The third kappa shape index (κ3) is 5.08. The smallest absolute Gasteiger partial charge is 0.272 e. The highest BCUT2D eigenvalue weighted by Gasteiger charge is 2.16. The summed E-state index contributed by atoms with van der Waals surface area (Å²) in [5, 5.41) is 3.56. The summed E-state index contributed by atoms with van der Waals surface area (Å²) in [6, 6.07) is 13.8. The molecule has 2 aromatic rings. The maximum atomic E-state index is 12.3. The van der Waals surface area contributed by atoms with E-state index in [1.165, 1.54) is 13.3 Å². The van der Waals surface area contributed by atoms with Crippen LogP contribution in [0.5, 0.6) is 5.75 Å². The first-order chi connectivity index (χ1) is 12.0. The van der Waals surface area contributed by atoms with Gasteiger partial charge in [-0.05, 0) is 50.1 Å². The van der Waals surface area contributed by atoms with Gasteiger partial charge in [0.1, 0.15) is 25.7 Å². The van der Waals surface area contributed by atoms with Crippen LogP contribution < -0.4 is 9.64 Å². The zero-order valence-electron chi connectivity index (χ0n) is 15.2. The van der Waals surface area contributed by atoms with Crippen LogP contribution in [0, 0.1) is 13.8 Å². The van der Waals surface area contributed by atoms with Gasteiger partial charge in [-0.15, -0.1) is 0 Å². The number of hydrogen-bond acceptors (Lipinski definition) is 4. The van der Waals surface area contributed by atoms with Crippen LogP contribution in [0.4, 0.5) is 5.69 Å². The summed E-state index contributed by atoms with van der Waals surface area (Å²) in [6.45, 7) is 6.90. The Morgan fingerprint density at radius 1 is 1.16 bits per heavy atom. The van der Waals surface area contributed by atoms with E-state index < -0.39 is 0 Å². The Morgan fingerprint density at radius 2 is 1.84 bits per heavy atom. The lowest BCUT2D eigenvalue weighted by atomic mass is 10.1. The molecule has 0 saturated heterocycles. The maximum Gasteiger partial charge on any atom is 0.272 e. The molecule has 0 spiro atoms. The summed E-state index contributed by atoms with van der Waals surface area (Å²) in [6.07, 6.45) is 1.17. The summed E-state index contributed by atoms with van der Waals surface area (Å²) >= 11 is 0. The van der Waals surface area contributed by atoms with Crippen LogP contribution in [0.3, 0.4) is 0 Å². The second kappa shape index (κ2) is 8.87. The molecule has 0 aliphatic heterocycles. The number of ether oxygens (including phenoxy) is 1. The van der Waals surface area contributed by atoms with Crippen molar-refractivity contribution in [3.8, 4) is 5.75 Å². The number of hydrogen-bond donors (Lipinski definition) is 0. The molecule has 2 rings (SSSR count). The average Bonchev–Trinajstić information content (AvgIpc) is 2.59. The fraction of sp³-hybridized carbons (Fsp3) is 0.300. The van der Waals surface area contributed by atoms with Gasteiger partial charge in [-0.1, -0.05) is 29.4 Å². The Kier molecular flexibility index (Phi) is 6.57. The number of anilines is 1. The van der Waals surface area contributed by atoms with Crippen molar-refractivity contribution in [2.24, 2.45) is 5.16 Å². The summed E-state index contributed by atoms with van der Waals surface area (Å²) in [5.41, 5.74) is 4.05. The molecule has 5 heteroatoms. The van der Waals surface area contributed by atoms with Gasteiger partial charge in [-0.25, -0.2) is 0 Å². The van der Waals surface area contributed by atoms with Gasteiger partial charge in [0.15, 0.2) is 0 Å². The SMILES string of the molecule is CCN(C(=O)C=NOC)c1ccccc1COc1cc(C)cc(C)c1. The van der Waals surface area contributed by atoms with Gasteiger partial charge in [0.25, 0.3) is 5.91 Å². The minimum atomic E-state index is -0.233. The van der Waals surface area contributed by atoms with Crippen molar-refractivity contribution in [3.63, 3.8) is 0 Å². The number of carbonyl (C=O) groups excluding carboxylic acids is 1. The predicted octanol–water partition coefficient (Wildman–Crippen LogP) is 3.87. The Balaban J connectivity index is 2.21. The highest BCUT2D eigenvalue weighted by Crippen LogP contribution is 2.23. The van der Waals surface area contributed by atoms with Crippen LogP contribution in [-0.4, -0.2) is 25.8 Å². The van der Waals surface area contributed by atoms with Gasteiger partial charge < -0.3 is 14.5 Å². The molecular formula is C20H24N2O3. The highest BCUT2D eigenvalue weighted by molar-refractivity contribution is 6.32. The van der Waals surface area contributed by atoms with E-state index in [0.29, 0.717) is 13.2 Å². The first kappa shape index (κ1) is 18.5. The molecular weight excluding hydrogens is 316 g/mol. The summed E-state index contributed by atoms with van der Waals surface area (Å²) < 4.78 is 5.95. The van der Waals surface area contributed by atoms with Crippen molar-refractivity contribution in [2.45, 2.75) is 27.4 Å². The lowest BCUT2D eigenvalue weighted by molar-refractivity contribution is -0.112. The molecule has 0 fully saturated rings. The Labute approximate surface area is 148 Å². The zero-order valence-corrected chi connectivity index (χ0v) is 15.2. The molecule has 132 valence electrons. The molecule has 0 unspecified atom stereocenters. The molecule has 0 bridgehead atoms. The van der Waals surface area contributed by atoms with Crippen molar-refractivity contribution < 1.29 is 14.4 Å². The van der Waals surface area contributed by atoms with E-state index in [1.54, 1.807) is 4.90 Å². The predicted molar refractivity (Wildman–Crippen MR) is 100 cm³/mol. The molecule has 5 nitrogen and oxygen atoms in total. The molecule has 0 aliphatic carbocycles. The Morgan fingerprint density at radius 3 is 2.48 bits per heavy atom. The molecule has 0 atom stereocenters. The monoisotopic (exact) mass is 340 g/mol.